The first-order valence-corrected chi connectivity index (χ1v) is 11.5. The van der Waals surface area contributed by atoms with Crippen molar-refractivity contribution in [3.8, 4) is 22.8 Å². The van der Waals surface area contributed by atoms with Crippen LogP contribution in [0.25, 0.3) is 11.3 Å². The SMILES string of the molecule is COc1ccc(OC)c(-c2csc(NC(=O)C3CCCCN3S(C)(=O)=O)n2)c1. The van der Waals surface area contributed by atoms with Crippen LogP contribution in [0.3, 0.4) is 0 Å². The van der Waals surface area contributed by atoms with Crippen LogP contribution in [-0.4, -0.2) is 56.7 Å². The van der Waals surface area contributed by atoms with E-state index < -0.39 is 16.1 Å². The highest BCUT2D eigenvalue weighted by Gasteiger charge is 2.34. The first-order valence-electron chi connectivity index (χ1n) is 8.79. The van der Waals surface area contributed by atoms with Gasteiger partial charge in [-0.1, -0.05) is 6.42 Å². The molecular formula is C18H23N3O5S2. The summed E-state index contributed by atoms with van der Waals surface area (Å²) >= 11 is 1.27. The molecule has 2 heterocycles. The van der Waals surface area contributed by atoms with E-state index in [-0.39, 0.29) is 5.91 Å². The molecular weight excluding hydrogens is 402 g/mol. The summed E-state index contributed by atoms with van der Waals surface area (Å²) in [7, 11) is -0.290. The molecule has 0 radical (unpaired) electrons. The first-order chi connectivity index (χ1) is 13.3. The number of benzene rings is 1. The second-order valence-electron chi connectivity index (χ2n) is 6.48. The van der Waals surface area contributed by atoms with Crippen LogP contribution in [0.15, 0.2) is 23.6 Å². The fraction of sp³-hybridized carbons (Fsp3) is 0.444. The van der Waals surface area contributed by atoms with Gasteiger partial charge in [-0.05, 0) is 31.0 Å². The average molecular weight is 426 g/mol. The van der Waals surface area contributed by atoms with Crippen LogP contribution in [-0.2, 0) is 14.8 Å². The zero-order valence-electron chi connectivity index (χ0n) is 16.0. The van der Waals surface area contributed by atoms with Crippen LogP contribution in [0.1, 0.15) is 19.3 Å². The second-order valence-corrected chi connectivity index (χ2v) is 9.27. The number of hydrogen-bond acceptors (Lipinski definition) is 7. The van der Waals surface area contributed by atoms with E-state index in [1.54, 1.807) is 26.4 Å². The smallest absolute Gasteiger partial charge is 0.244 e. The molecule has 0 bridgehead atoms. The molecule has 1 aliphatic heterocycles. The largest absolute Gasteiger partial charge is 0.497 e. The Morgan fingerprint density at radius 3 is 2.75 bits per heavy atom. The summed E-state index contributed by atoms with van der Waals surface area (Å²) in [5.41, 5.74) is 1.38. The molecule has 8 nitrogen and oxygen atoms in total. The number of methoxy groups -OCH3 is 2. The average Bonchev–Trinajstić information content (AvgIpc) is 3.15. The van der Waals surface area contributed by atoms with Gasteiger partial charge in [0.1, 0.15) is 17.5 Å². The minimum Gasteiger partial charge on any atom is -0.497 e. The van der Waals surface area contributed by atoms with Crippen molar-refractivity contribution in [2.24, 2.45) is 0 Å². The summed E-state index contributed by atoms with van der Waals surface area (Å²) in [6.07, 6.45) is 3.21. The number of thiazole rings is 1. The van der Waals surface area contributed by atoms with Gasteiger partial charge in [-0.25, -0.2) is 13.4 Å². The maximum Gasteiger partial charge on any atom is 0.244 e. The lowest BCUT2D eigenvalue weighted by Gasteiger charge is -2.32. The number of nitrogens with zero attached hydrogens (tertiary/aromatic N) is 2. The molecule has 1 saturated heterocycles. The number of sulfonamides is 1. The maximum atomic E-state index is 12.7. The predicted molar refractivity (Wildman–Crippen MR) is 108 cm³/mol. The fourth-order valence-corrected chi connectivity index (χ4v) is 5.06. The number of carbonyl (C=O) groups is 1. The first kappa shape index (κ1) is 20.6. The molecule has 0 spiro atoms. The zero-order chi connectivity index (χ0) is 20.3. The number of anilines is 1. The highest BCUT2D eigenvalue weighted by molar-refractivity contribution is 7.88. The summed E-state index contributed by atoms with van der Waals surface area (Å²) in [4.78, 5) is 17.2. The fourth-order valence-electron chi connectivity index (χ4n) is 3.22. The molecule has 1 amide bonds. The molecule has 1 atom stereocenters. The van der Waals surface area contributed by atoms with E-state index in [9.17, 15) is 13.2 Å². The standard InChI is InChI=1S/C18H23N3O5S2/c1-25-12-7-8-16(26-2)13(10-12)14-11-27-18(19-14)20-17(22)15-6-4-5-9-21(15)28(3,23)24/h7-8,10-11,15H,4-6,9H2,1-3H3,(H,19,20,22). The van der Waals surface area contributed by atoms with E-state index in [0.29, 0.717) is 35.3 Å². The molecule has 1 aromatic heterocycles. The number of amides is 1. The molecule has 10 heteroatoms. The number of rotatable bonds is 6. The van der Waals surface area contributed by atoms with Crippen molar-refractivity contribution < 1.29 is 22.7 Å². The van der Waals surface area contributed by atoms with Gasteiger partial charge in [0.2, 0.25) is 15.9 Å². The lowest BCUT2D eigenvalue weighted by Crippen LogP contribution is -2.49. The van der Waals surface area contributed by atoms with Crippen LogP contribution in [0.5, 0.6) is 11.5 Å². The normalized spacial score (nSPS) is 17.9. The van der Waals surface area contributed by atoms with Gasteiger partial charge >= 0.3 is 0 Å². The van der Waals surface area contributed by atoms with Gasteiger partial charge in [-0.3, -0.25) is 4.79 Å². The zero-order valence-corrected chi connectivity index (χ0v) is 17.6. The molecule has 152 valence electrons. The van der Waals surface area contributed by atoms with E-state index in [1.807, 2.05) is 11.4 Å². The molecule has 1 N–H and O–H groups in total. The Morgan fingerprint density at radius 2 is 2.07 bits per heavy atom. The summed E-state index contributed by atoms with van der Waals surface area (Å²) in [6.45, 7) is 0.362. The lowest BCUT2D eigenvalue weighted by atomic mass is 10.0. The minimum absolute atomic E-state index is 0.358. The number of carbonyl (C=O) groups excluding carboxylic acids is 1. The molecule has 0 aliphatic carbocycles. The van der Waals surface area contributed by atoms with Crippen LogP contribution in [0, 0.1) is 0 Å². The van der Waals surface area contributed by atoms with Crippen molar-refractivity contribution in [2.75, 3.05) is 32.3 Å². The molecule has 1 unspecified atom stereocenters. The molecule has 28 heavy (non-hydrogen) atoms. The topological polar surface area (TPSA) is 97.8 Å². The van der Waals surface area contributed by atoms with Crippen molar-refractivity contribution in [1.82, 2.24) is 9.29 Å². The Morgan fingerprint density at radius 1 is 1.29 bits per heavy atom. The molecule has 0 saturated carbocycles. The minimum atomic E-state index is -3.44. The van der Waals surface area contributed by atoms with Crippen LogP contribution >= 0.6 is 11.3 Å². The summed E-state index contributed by atoms with van der Waals surface area (Å²) in [5, 5.41) is 4.97. The predicted octanol–water partition coefficient (Wildman–Crippen LogP) is 2.58. The van der Waals surface area contributed by atoms with Gasteiger partial charge in [0, 0.05) is 17.5 Å². The number of hydrogen-bond donors (Lipinski definition) is 1. The quantitative estimate of drug-likeness (QED) is 0.764. The number of ether oxygens (including phenoxy) is 2. The van der Waals surface area contributed by atoms with Crippen LogP contribution in [0.2, 0.25) is 0 Å². The van der Waals surface area contributed by atoms with E-state index in [0.717, 1.165) is 24.7 Å². The van der Waals surface area contributed by atoms with Gasteiger partial charge in [-0.15, -0.1) is 11.3 Å². The molecule has 1 aliphatic rings. The van der Waals surface area contributed by atoms with Gasteiger partial charge < -0.3 is 14.8 Å². The van der Waals surface area contributed by atoms with Gasteiger partial charge in [0.15, 0.2) is 5.13 Å². The monoisotopic (exact) mass is 425 g/mol. The van der Waals surface area contributed by atoms with E-state index in [2.05, 4.69) is 10.3 Å². The Bertz CT molecular complexity index is 958. The van der Waals surface area contributed by atoms with Gasteiger partial charge in [0.05, 0.1) is 26.2 Å². The summed E-state index contributed by atoms with van der Waals surface area (Å²) < 4.78 is 35.9. The summed E-state index contributed by atoms with van der Waals surface area (Å²) in [5.74, 6) is 0.948. The third-order valence-electron chi connectivity index (χ3n) is 4.60. The molecule has 1 aromatic carbocycles. The Hall–Kier alpha value is -2.17. The van der Waals surface area contributed by atoms with Crippen molar-refractivity contribution in [1.29, 1.82) is 0 Å². The number of piperidine rings is 1. The highest BCUT2D eigenvalue weighted by Crippen LogP contribution is 2.35. The van der Waals surface area contributed by atoms with Crippen LogP contribution in [0.4, 0.5) is 5.13 Å². The van der Waals surface area contributed by atoms with Crippen LogP contribution < -0.4 is 14.8 Å². The van der Waals surface area contributed by atoms with E-state index in [4.69, 9.17) is 9.47 Å². The van der Waals surface area contributed by atoms with Crippen molar-refractivity contribution in [3.63, 3.8) is 0 Å². The van der Waals surface area contributed by atoms with Crippen molar-refractivity contribution in [3.05, 3.63) is 23.6 Å². The third kappa shape index (κ3) is 4.45. The molecule has 1 fully saturated rings. The maximum absolute atomic E-state index is 12.7. The highest BCUT2D eigenvalue weighted by atomic mass is 32.2. The van der Waals surface area contributed by atoms with Gasteiger partial charge in [-0.2, -0.15) is 4.31 Å². The van der Waals surface area contributed by atoms with E-state index >= 15 is 0 Å². The van der Waals surface area contributed by atoms with Gasteiger partial charge in [0.25, 0.3) is 0 Å². The Balaban J connectivity index is 1.80. The van der Waals surface area contributed by atoms with E-state index in [1.165, 1.54) is 15.6 Å². The molecule has 3 rings (SSSR count). The number of nitrogens with one attached hydrogen (secondary N) is 1. The third-order valence-corrected chi connectivity index (χ3v) is 6.65. The van der Waals surface area contributed by atoms with Crippen molar-refractivity contribution in [2.45, 2.75) is 25.3 Å². The molecule has 2 aromatic rings. The lowest BCUT2D eigenvalue weighted by molar-refractivity contribution is -0.120. The summed E-state index contributed by atoms with van der Waals surface area (Å²) in [6, 6.07) is 4.69. The number of aromatic nitrogens is 1. The Kier molecular flexibility index (Phi) is 6.21. The van der Waals surface area contributed by atoms with Crippen molar-refractivity contribution >= 4 is 32.4 Å². The Labute approximate surface area is 168 Å². The second kappa shape index (κ2) is 8.46.